The molecule has 0 unspecified atom stereocenters. The number of hydrogen-bond acceptors (Lipinski definition) is 3. The normalized spacial score (nSPS) is 21.0. The van der Waals surface area contributed by atoms with Gasteiger partial charge in [0, 0.05) is 18.6 Å². The van der Waals surface area contributed by atoms with Crippen molar-refractivity contribution in [1.82, 2.24) is 20.4 Å². The summed E-state index contributed by atoms with van der Waals surface area (Å²) in [5.41, 5.74) is 1.52. The number of hydrogen-bond donors (Lipinski definition) is 2. The highest BCUT2D eigenvalue weighted by Gasteiger charge is 2.39. The lowest BCUT2D eigenvalue weighted by Gasteiger charge is -2.50. The summed E-state index contributed by atoms with van der Waals surface area (Å²) in [7, 11) is 2.25. The fourth-order valence-electron chi connectivity index (χ4n) is 4.35. The average molecular weight is 499 g/mol. The fraction of sp³-hybridized carbons (Fsp3) is 0.682. The topological polar surface area (TPSA) is 42.9 Å². The van der Waals surface area contributed by atoms with Crippen LogP contribution < -0.4 is 10.6 Å². The highest BCUT2D eigenvalue weighted by Crippen LogP contribution is 2.30. The van der Waals surface area contributed by atoms with Crippen molar-refractivity contribution in [3.05, 3.63) is 35.9 Å². The van der Waals surface area contributed by atoms with Crippen LogP contribution in [0.3, 0.4) is 0 Å². The molecule has 0 spiro atoms. The zero-order valence-corrected chi connectivity index (χ0v) is 20.0. The number of nitrogens with zero attached hydrogens (tertiary/aromatic N) is 3. The Morgan fingerprint density at radius 1 is 1.00 bits per heavy atom. The first-order chi connectivity index (χ1) is 13.2. The second-order valence-electron chi connectivity index (χ2n) is 8.11. The van der Waals surface area contributed by atoms with Crippen LogP contribution in [0.1, 0.15) is 44.6 Å². The molecule has 2 fully saturated rings. The Kier molecular flexibility index (Phi) is 10.0. The summed E-state index contributed by atoms with van der Waals surface area (Å²) < 4.78 is 0. The molecule has 2 saturated heterocycles. The van der Waals surface area contributed by atoms with Crippen LogP contribution in [0.25, 0.3) is 0 Å². The molecule has 1 aromatic rings. The molecule has 6 heteroatoms. The third kappa shape index (κ3) is 6.59. The maximum Gasteiger partial charge on any atom is 0.191 e. The summed E-state index contributed by atoms with van der Waals surface area (Å²) in [6, 6.07) is 10.5. The molecule has 0 aliphatic carbocycles. The first-order valence-corrected chi connectivity index (χ1v) is 10.7. The van der Waals surface area contributed by atoms with Gasteiger partial charge in [-0.15, -0.1) is 24.0 Å². The predicted molar refractivity (Wildman–Crippen MR) is 130 cm³/mol. The Morgan fingerprint density at radius 3 is 2.32 bits per heavy atom. The molecule has 0 radical (unpaired) electrons. The monoisotopic (exact) mass is 499 g/mol. The molecule has 0 amide bonds. The summed E-state index contributed by atoms with van der Waals surface area (Å²) in [6.07, 6.45) is 6.57. The van der Waals surface area contributed by atoms with E-state index in [4.69, 9.17) is 4.99 Å². The van der Waals surface area contributed by atoms with Crippen LogP contribution in [0.2, 0.25) is 0 Å². The van der Waals surface area contributed by atoms with Crippen LogP contribution in [0, 0.1) is 0 Å². The van der Waals surface area contributed by atoms with Crippen LogP contribution in [-0.2, 0) is 6.54 Å². The largest absolute Gasteiger partial charge is 0.357 e. The van der Waals surface area contributed by atoms with Crippen LogP contribution in [0.15, 0.2) is 35.3 Å². The van der Waals surface area contributed by atoms with Gasteiger partial charge in [-0.3, -0.25) is 4.90 Å². The Balaban J connectivity index is 0.00000280. The maximum atomic E-state index is 4.82. The molecule has 2 N–H and O–H groups in total. The molecule has 0 aromatic heterocycles. The predicted octanol–water partition coefficient (Wildman–Crippen LogP) is 3.31. The minimum Gasteiger partial charge on any atom is -0.357 e. The van der Waals surface area contributed by atoms with Crippen molar-refractivity contribution < 1.29 is 0 Å². The van der Waals surface area contributed by atoms with E-state index in [9.17, 15) is 0 Å². The lowest BCUT2D eigenvalue weighted by atomic mass is 9.84. The van der Waals surface area contributed by atoms with E-state index < -0.39 is 0 Å². The van der Waals surface area contributed by atoms with Crippen molar-refractivity contribution in [3.8, 4) is 0 Å². The highest BCUT2D eigenvalue weighted by atomic mass is 127. The molecule has 2 aliphatic rings. The first kappa shape index (κ1) is 23.4. The van der Waals surface area contributed by atoms with E-state index in [1.54, 1.807) is 0 Å². The molecular formula is C22H38IN5. The van der Waals surface area contributed by atoms with Crippen molar-refractivity contribution in [3.63, 3.8) is 0 Å². The number of nitrogens with one attached hydrogen (secondary N) is 2. The Morgan fingerprint density at radius 2 is 1.68 bits per heavy atom. The van der Waals surface area contributed by atoms with Crippen molar-refractivity contribution in [1.29, 1.82) is 0 Å². The van der Waals surface area contributed by atoms with Gasteiger partial charge in [-0.05, 0) is 71.4 Å². The second kappa shape index (κ2) is 12.0. The van der Waals surface area contributed by atoms with Gasteiger partial charge in [-0.2, -0.15) is 0 Å². The van der Waals surface area contributed by atoms with Crippen LogP contribution in [0.5, 0.6) is 0 Å². The van der Waals surface area contributed by atoms with Crippen LogP contribution in [0.4, 0.5) is 0 Å². The number of piperidine rings is 2. The molecule has 0 bridgehead atoms. The molecule has 3 rings (SSSR count). The van der Waals surface area contributed by atoms with Crippen LogP contribution >= 0.6 is 24.0 Å². The van der Waals surface area contributed by atoms with E-state index in [-0.39, 0.29) is 29.5 Å². The Hall–Kier alpha value is -0.860. The van der Waals surface area contributed by atoms with Gasteiger partial charge in [-0.1, -0.05) is 36.8 Å². The SMILES string of the molecule is CCNC(=NCc1ccccc1)NCC1(N2CCCCC2)CCN(C)CC1.I. The van der Waals surface area contributed by atoms with Gasteiger partial charge in [0.1, 0.15) is 0 Å². The lowest BCUT2D eigenvalue weighted by molar-refractivity contribution is 0.0173. The number of rotatable bonds is 6. The molecular weight excluding hydrogens is 461 g/mol. The Labute approximate surface area is 188 Å². The number of likely N-dealkylation sites (tertiary alicyclic amines) is 2. The van der Waals surface area contributed by atoms with Gasteiger partial charge >= 0.3 is 0 Å². The lowest BCUT2D eigenvalue weighted by Crippen LogP contribution is -2.62. The standard InChI is InChI=1S/C22H37N5.HI/c1-3-23-21(24-18-20-10-6-4-7-11-20)25-19-22(12-16-26(2)17-13-22)27-14-8-5-9-15-27;/h4,6-7,10-11H,3,5,8-9,12-19H2,1-2H3,(H2,23,24,25);1H. The summed E-state index contributed by atoms with van der Waals surface area (Å²) >= 11 is 0. The highest BCUT2D eigenvalue weighted by molar-refractivity contribution is 14.0. The van der Waals surface area contributed by atoms with Gasteiger partial charge < -0.3 is 15.5 Å². The molecule has 0 saturated carbocycles. The zero-order chi connectivity index (χ0) is 19.0. The van der Waals surface area contributed by atoms with E-state index in [1.807, 2.05) is 0 Å². The Bertz CT molecular complexity index is 578. The molecule has 158 valence electrons. The van der Waals surface area contributed by atoms with E-state index >= 15 is 0 Å². The summed E-state index contributed by atoms with van der Waals surface area (Å²) in [5, 5.41) is 7.12. The van der Waals surface area contributed by atoms with Gasteiger partial charge in [0.25, 0.3) is 0 Å². The van der Waals surface area contributed by atoms with Gasteiger partial charge in [0.05, 0.1) is 6.54 Å². The van der Waals surface area contributed by atoms with Crippen molar-refractivity contribution in [2.75, 3.05) is 46.3 Å². The molecule has 2 heterocycles. The van der Waals surface area contributed by atoms with Crippen molar-refractivity contribution in [2.45, 2.75) is 51.1 Å². The van der Waals surface area contributed by atoms with Gasteiger partial charge in [-0.25, -0.2) is 4.99 Å². The number of halogens is 1. The van der Waals surface area contributed by atoms with E-state index in [0.29, 0.717) is 0 Å². The van der Waals surface area contributed by atoms with Crippen molar-refractivity contribution >= 4 is 29.9 Å². The molecule has 5 nitrogen and oxygen atoms in total. The maximum absolute atomic E-state index is 4.82. The van der Waals surface area contributed by atoms with Crippen LogP contribution in [-0.4, -0.2) is 67.6 Å². The summed E-state index contributed by atoms with van der Waals surface area (Å²) in [5.74, 6) is 0.941. The van der Waals surface area contributed by atoms with Crippen molar-refractivity contribution in [2.24, 2.45) is 4.99 Å². The molecule has 0 atom stereocenters. The number of aliphatic imine (C=N–C) groups is 1. The number of guanidine groups is 1. The zero-order valence-electron chi connectivity index (χ0n) is 17.6. The first-order valence-electron chi connectivity index (χ1n) is 10.7. The molecule has 1 aromatic carbocycles. The summed E-state index contributed by atoms with van der Waals surface area (Å²) in [4.78, 5) is 10.1. The summed E-state index contributed by atoms with van der Waals surface area (Å²) in [6.45, 7) is 9.62. The minimum absolute atomic E-state index is 0. The third-order valence-electron chi connectivity index (χ3n) is 6.14. The van der Waals surface area contributed by atoms with E-state index in [2.05, 4.69) is 64.7 Å². The quantitative estimate of drug-likeness (QED) is 0.358. The van der Waals surface area contributed by atoms with Gasteiger partial charge in [0.15, 0.2) is 5.96 Å². The number of benzene rings is 1. The molecule has 2 aliphatic heterocycles. The minimum atomic E-state index is 0. The third-order valence-corrected chi connectivity index (χ3v) is 6.14. The van der Waals surface area contributed by atoms with E-state index in [1.165, 1.54) is 63.8 Å². The smallest absolute Gasteiger partial charge is 0.191 e. The van der Waals surface area contributed by atoms with E-state index in [0.717, 1.165) is 25.6 Å². The van der Waals surface area contributed by atoms with Gasteiger partial charge in [0.2, 0.25) is 0 Å². The fourth-order valence-corrected chi connectivity index (χ4v) is 4.35. The average Bonchev–Trinajstić information content (AvgIpc) is 2.73. The molecule has 28 heavy (non-hydrogen) atoms. The second-order valence-corrected chi connectivity index (χ2v) is 8.11.